The number of rotatable bonds is 6. The third kappa shape index (κ3) is 3.28. The van der Waals surface area contributed by atoms with Gasteiger partial charge in [-0.25, -0.2) is 4.98 Å². The van der Waals surface area contributed by atoms with Crippen molar-refractivity contribution in [3.05, 3.63) is 11.6 Å². The van der Waals surface area contributed by atoms with Crippen LogP contribution in [0, 0.1) is 5.92 Å². The van der Waals surface area contributed by atoms with Crippen LogP contribution in [-0.4, -0.2) is 38.7 Å². The lowest BCUT2D eigenvalue weighted by atomic mass is 10.1. The maximum Gasteiger partial charge on any atom is 0.303 e. The molecule has 3 N–H and O–H groups in total. The lowest BCUT2D eigenvalue weighted by Gasteiger charge is -2.08. The molecule has 0 radical (unpaired) electrons. The molecule has 0 aliphatic heterocycles. The molecule has 1 atom stereocenters. The summed E-state index contributed by atoms with van der Waals surface area (Å²) < 4.78 is 0. The number of aromatic nitrogens is 3. The minimum absolute atomic E-state index is 0.0294. The normalized spacial score (nSPS) is 16.3. The first-order valence-corrected chi connectivity index (χ1v) is 5.98. The topological polar surface area (TPSA) is 108 Å². The Morgan fingerprint density at radius 2 is 2.28 bits per heavy atom. The molecule has 1 aromatic rings. The van der Waals surface area contributed by atoms with Gasteiger partial charge in [-0.05, 0) is 18.8 Å². The van der Waals surface area contributed by atoms with Crippen molar-refractivity contribution in [2.45, 2.75) is 32.1 Å². The molecule has 1 aromatic heterocycles. The van der Waals surface area contributed by atoms with E-state index in [2.05, 4.69) is 20.5 Å². The van der Waals surface area contributed by atoms with Crippen molar-refractivity contribution in [1.82, 2.24) is 20.5 Å². The molecule has 1 heterocycles. The molecule has 1 unspecified atom stereocenters. The van der Waals surface area contributed by atoms with Crippen LogP contribution >= 0.6 is 0 Å². The highest BCUT2D eigenvalue weighted by atomic mass is 16.4. The van der Waals surface area contributed by atoms with Gasteiger partial charge in [0.05, 0.1) is 0 Å². The van der Waals surface area contributed by atoms with E-state index in [1.165, 1.54) is 0 Å². The van der Waals surface area contributed by atoms with Crippen molar-refractivity contribution in [2.75, 3.05) is 6.54 Å². The van der Waals surface area contributed by atoms with Crippen LogP contribution in [-0.2, 0) is 4.79 Å². The van der Waals surface area contributed by atoms with Crippen LogP contribution in [0.2, 0.25) is 0 Å². The van der Waals surface area contributed by atoms with Gasteiger partial charge in [0.25, 0.3) is 5.91 Å². The van der Waals surface area contributed by atoms with Crippen molar-refractivity contribution in [2.24, 2.45) is 5.92 Å². The molecule has 1 aliphatic carbocycles. The van der Waals surface area contributed by atoms with Crippen LogP contribution in [0.25, 0.3) is 0 Å². The van der Waals surface area contributed by atoms with Crippen LogP contribution < -0.4 is 5.32 Å². The number of aromatic amines is 1. The van der Waals surface area contributed by atoms with Gasteiger partial charge in [-0.15, -0.1) is 5.10 Å². The average Bonchev–Trinajstić information content (AvgIpc) is 3.03. The van der Waals surface area contributed by atoms with Gasteiger partial charge in [0.2, 0.25) is 5.82 Å². The molecule has 1 fully saturated rings. The van der Waals surface area contributed by atoms with E-state index in [9.17, 15) is 9.59 Å². The number of carboxylic acid groups (broad SMARTS) is 1. The Morgan fingerprint density at radius 3 is 2.89 bits per heavy atom. The molecule has 7 nitrogen and oxygen atoms in total. The third-order valence-electron chi connectivity index (χ3n) is 2.80. The fourth-order valence-electron chi connectivity index (χ4n) is 1.63. The fourth-order valence-corrected chi connectivity index (χ4v) is 1.63. The largest absolute Gasteiger partial charge is 0.481 e. The van der Waals surface area contributed by atoms with E-state index in [0.717, 1.165) is 18.7 Å². The Balaban J connectivity index is 1.81. The van der Waals surface area contributed by atoms with E-state index in [4.69, 9.17) is 5.11 Å². The molecular weight excluding hydrogens is 236 g/mol. The molecule has 1 aliphatic rings. The molecule has 18 heavy (non-hydrogen) atoms. The van der Waals surface area contributed by atoms with E-state index in [1.807, 2.05) is 0 Å². The molecule has 1 amide bonds. The predicted octanol–water partition coefficient (Wildman–Crippen LogP) is 0.523. The number of aliphatic carboxylic acids is 1. The second kappa shape index (κ2) is 5.16. The molecule has 0 aromatic carbocycles. The first-order valence-electron chi connectivity index (χ1n) is 5.98. The van der Waals surface area contributed by atoms with Crippen molar-refractivity contribution >= 4 is 11.9 Å². The summed E-state index contributed by atoms with van der Waals surface area (Å²) >= 11 is 0. The lowest BCUT2D eigenvalue weighted by Crippen LogP contribution is -2.30. The Morgan fingerprint density at radius 1 is 1.56 bits per heavy atom. The van der Waals surface area contributed by atoms with Crippen molar-refractivity contribution in [3.8, 4) is 0 Å². The highest BCUT2D eigenvalue weighted by Crippen LogP contribution is 2.37. The summed E-state index contributed by atoms with van der Waals surface area (Å²) in [6.45, 7) is 2.07. The Kier molecular flexibility index (Phi) is 3.59. The highest BCUT2D eigenvalue weighted by Gasteiger charge is 2.28. The smallest absolute Gasteiger partial charge is 0.303 e. The van der Waals surface area contributed by atoms with E-state index in [-0.39, 0.29) is 24.1 Å². The molecule has 98 valence electrons. The second-order valence-electron chi connectivity index (χ2n) is 4.73. The fraction of sp³-hybridized carbons (Fsp3) is 0.636. The number of carbonyl (C=O) groups is 2. The number of hydrogen-bond donors (Lipinski definition) is 3. The summed E-state index contributed by atoms with van der Waals surface area (Å²) in [6, 6.07) is 0. The molecular formula is C11H16N4O3. The number of carbonyl (C=O) groups excluding carboxylic acids is 1. The first-order chi connectivity index (χ1) is 8.56. The molecule has 7 heteroatoms. The predicted molar refractivity (Wildman–Crippen MR) is 62.1 cm³/mol. The van der Waals surface area contributed by atoms with Crippen molar-refractivity contribution in [1.29, 1.82) is 0 Å². The monoisotopic (exact) mass is 252 g/mol. The number of carboxylic acids is 1. The Hall–Kier alpha value is -1.92. The standard InChI is InChI=1S/C11H16N4O3/c1-6(4-8(16)17)5-12-11(18)10-13-9(14-15-10)7-2-3-7/h6-7H,2-5H2,1H3,(H,12,18)(H,16,17)(H,13,14,15). The van der Waals surface area contributed by atoms with Crippen molar-refractivity contribution < 1.29 is 14.7 Å². The van der Waals surface area contributed by atoms with E-state index >= 15 is 0 Å². The summed E-state index contributed by atoms with van der Waals surface area (Å²) in [5.74, 6) is -0.0440. The van der Waals surface area contributed by atoms with Crippen LogP contribution in [0.4, 0.5) is 0 Å². The summed E-state index contributed by atoms with van der Waals surface area (Å²) in [5, 5.41) is 17.8. The minimum atomic E-state index is -0.870. The van der Waals surface area contributed by atoms with E-state index in [1.54, 1.807) is 6.92 Å². The van der Waals surface area contributed by atoms with Crippen LogP contribution in [0.5, 0.6) is 0 Å². The Bertz CT molecular complexity index is 453. The number of amides is 1. The maximum absolute atomic E-state index is 11.7. The minimum Gasteiger partial charge on any atom is -0.481 e. The third-order valence-corrected chi connectivity index (χ3v) is 2.80. The summed E-state index contributed by atoms with van der Waals surface area (Å²) in [7, 11) is 0. The summed E-state index contributed by atoms with van der Waals surface area (Å²) in [4.78, 5) is 26.3. The molecule has 0 spiro atoms. The van der Waals surface area contributed by atoms with Gasteiger partial charge in [-0.2, -0.15) is 0 Å². The molecule has 1 saturated carbocycles. The van der Waals surface area contributed by atoms with Gasteiger partial charge in [0, 0.05) is 18.9 Å². The van der Waals surface area contributed by atoms with Gasteiger partial charge < -0.3 is 10.4 Å². The quantitative estimate of drug-likeness (QED) is 0.684. The second-order valence-corrected chi connectivity index (χ2v) is 4.73. The van der Waals surface area contributed by atoms with E-state index < -0.39 is 5.97 Å². The summed E-state index contributed by atoms with van der Waals surface area (Å²) in [5.41, 5.74) is 0. The number of nitrogens with zero attached hydrogens (tertiary/aromatic N) is 2. The number of nitrogens with one attached hydrogen (secondary N) is 2. The first kappa shape index (κ1) is 12.5. The number of hydrogen-bond acceptors (Lipinski definition) is 4. The van der Waals surface area contributed by atoms with Gasteiger partial charge in [0.15, 0.2) is 0 Å². The Labute approximate surface area is 104 Å². The van der Waals surface area contributed by atoms with Gasteiger partial charge >= 0.3 is 5.97 Å². The highest BCUT2D eigenvalue weighted by molar-refractivity contribution is 5.90. The van der Waals surface area contributed by atoms with Gasteiger partial charge in [-0.1, -0.05) is 6.92 Å². The SMILES string of the molecule is CC(CNC(=O)c1n[nH]c(C2CC2)n1)CC(=O)O. The van der Waals surface area contributed by atoms with E-state index in [0.29, 0.717) is 12.5 Å². The lowest BCUT2D eigenvalue weighted by molar-refractivity contribution is -0.137. The molecule has 2 rings (SSSR count). The van der Waals surface area contributed by atoms with Gasteiger partial charge in [-0.3, -0.25) is 14.7 Å². The maximum atomic E-state index is 11.7. The van der Waals surface area contributed by atoms with Gasteiger partial charge in [0.1, 0.15) is 5.82 Å². The van der Waals surface area contributed by atoms with Crippen LogP contribution in [0.3, 0.4) is 0 Å². The summed E-state index contributed by atoms with van der Waals surface area (Å²) in [6.07, 6.45) is 2.21. The van der Waals surface area contributed by atoms with Crippen LogP contribution in [0.15, 0.2) is 0 Å². The average molecular weight is 252 g/mol. The molecule has 0 saturated heterocycles. The zero-order valence-corrected chi connectivity index (χ0v) is 10.1. The number of H-pyrrole nitrogens is 1. The molecule has 0 bridgehead atoms. The zero-order chi connectivity index (χ0) is 13.1. The zero-order valence-electron chi connectivity index (χ0n) is 10.1. The van der Waals surface area contributed by atoms with Crippen LogP contribution in [0.1, 0.15) is 48.5 Å². The van der Waals surface area contributed by atoms with Crippen molar-refractivity contribution in [3.63, 3.8) is 0 Å².